The molecule has 2 amide bonds. The first kappa shape index (κ1) is 21.7. The Morgan fingerprint density at radius 3 is 2.72 bits per heavy atom. The molecular weight excluding hydrogens is 525 g/mol. The largest absolute Gasteiger partial charge is 0.490 e. The van der Waals surface area contributed by atoms with Gasteiger partial charge in [-0.25, -0.2) is 4.90 Å². The minimum atomic E-state index is -0.387. The lowest BCUT2D eigenvalue weighted by molar-refractivity contribution is -0.113. The molecule has 8 heteroatoms. The summed E-state index contributed by atoms with van der Waals surface area (Å²) in [5.41, 5.74) is 1.18. The summed E-state index contributed by atoms with van der Waals surface area (Å²) < 4.78 is 12.2. The van der Waals surface area contributed by atoms with Gasteiger partial charge in [-0.2, -0.15) is 0 Å². The first-order valence-electron chi connectivity index (χ1n) is 8.68. The van der Waals surface area contributed by atoms with E-state index in [1.165, 1.54) is 0 Å². The van der Waals surface area contributed by atoms with Crippen LogP contribution in [0.25, 0.3) is 6.08 Å². The zero-order chi connectivity index (χ0) is 21.0. The van der Waals surface area contributed by atoms with Gasteiger partial charge in [0.2, 0.25) is 0 Å². The predicted octanol–water partition coefficient (Wildman–Crippen LogP) is 6.15. The second-order valence-corrected chi connectivity index (χ2v) is 8.45. The van der Waals surface area contributed by atoms with Crippen LogP contribution in [0.1, 0.15) is 12.5 Å². The molecule has 5 nitrogen and oxygen atoms in total. The van der Waals surface area contributed by atoms with Crippen LogP contribution < -0.4 is 14.4 Å². The summed E-state index contributed by atoms with van der Waals surface area (Å²) in [5.74, 6) is 0.806. The molecule has 0 radical (unpaired) electrons. The van der Waals surface area contributed by atoms with Crippen molar-refractivity contribution in [3.63, 3.8) is 0 Å². The van der Waals surface area contributed by atoms with Crippen LogP contribution in [0.3, 0.4) is 0 Å². The van der Waals surface area contributed by atoms with Gasteiger partial charge in [0.15, 0.2) is 11.5 Å². The Morgan fingerprint density at radius 2 is 2.03 bits per heavy atom. The summed E-state index contributed by atoms with van der Waals surface area (Å²) in [6, 6.07) is 10.3. The molecule has 0 spiro atoms. The maximum atomic E-state index is 12.8. The van der Waals surface area contributed by atoms with E-state index >= 15 is 0 Å². The van der Waals surface area contributed by atoms with Crippen molar-refractivity contribution in [2.45, 2.75) is 6.92 Å². The molecule has 150 valence electrons. The van der Waals surface area contributed by atoms with Crippen LogP contribution in [0.5, 0.6) is 11.5 Å². The molecule has 0 unspecified atom stereocenters. The van der Waals surface area contributed by atoms with Crippen LogP contribution in [0.15, 0.2) is 54.0 Å². The third-order valence-corrected chi connectivity index (χ3v) is 5.74. The highest BCUT2D eigenvalue weighted by Crippen LogP contribution is 2.39. The molecule has 3 rings (SSSR count). The van der Waals surface area contributed by atoms with Crippen molar-refractivity contribution >= 4 is 68.9 Å². The number of hydrogen-bond donors (Lipinski definition) is 0. The zero-order valence-electron chi connectivity index (χ0n) is 15.5. The van der Waals surface area contributed by atoms with Crippen LogP contribution in [0, 0.1) is 3.57 Å². The highest BCUT2D eigenvalue weighted by Gasteiger charge is 2.36. The monoisotopic (exact) mass is 541 g/mol. The number of ether oxygens (including phenoxy) is 2. The van der Waals surface area contributed by atoms with E-state index in [0.29, 0.717) is 40.3 Å². The molecule has 29 heavy (non-hydrogen) atoms. The molecule has 0 atom stereocenters. The van der Waals surface area contributed by atoms with Gasteiger partial charge >= 0.3 is 0 Å². The predicted molar refractivity (Wildman–Crippen MR) is 126 cm³/mol. The van der Waals surface area contributed by atoms with Crippen LogP contribution in [-0.4, -0.2) is 24.4 Å². The van der Waals surface area contributed by atoms with Crippen molar-refractivity contribution in [3.8, 4) is 11.5 Å². The van der Waals surface area contributed by atoms with Gasteiger partial charge in [-0.15, -0.1) is 0 Å². The zero-order valence-corrected chi connectivity index (χ0v) is 19.2. The summed E-state index contributed by atoms with van der Waals surface area (Å²) in [6.45, 7) is 6.36. The van der Waals surface area contributed by atoms with Gasteiger partial charge in [-0.1, -0.05) is 30.3 Å². The summed E-state index contributed by atoms with van der Waals surface area (Å²) >= 11 is 9.04. The number of thioether (sulfide) groups is 1. The maximum Gasteiger partial charge on any atom is 0.298 e. The van der Waals surface area contributed by atoms with Crippen molar-refractivity contribution in [2.24, 2.45) is 0 Å². The Kier molecular flexibility index (Phi) is 7.26. The van der Waals surface area contributed by atoms with Crippen molar-refractivity contribution in [3.05, 3.63) is 68.1 Å². The Bertz CT molecular complexity index is 1010. The van der Waals surface area contributed by atoms with Crippen molar-refractivity contribution in [1.29, 1.82) is 0 Å². The Morgan fingerprint density at radius 1 is 1.24 bits per heavy atom. The molecule has 1 aliphatic rings. The van der Waals surface area contributed by atoms with Gasteiger partial charge in [0.25, 0.3) is 11.1 Å². The van der Waals surface area contributed by atoms with E-state index in [1.54, 1.807) is 42.5 Å². The van der Waals surface area contributed by atoms with Crippen molar-refractivity contribution < 1.29 is 19.1 Å². The number of carbonyl (C=O) groups excluding carboxylic acids is 2. The Labute approximate surface area is 191 Å². The third kappa shape index (κ3) is 4.96. The highest BCUT2D eigenvalue weighted by atomic mass is 127. The first-order valence-corrected chi connectivity index (χ1v) is 11.0. The lowest BCUT2D eigenvalue weighted by Gasteiger charge is -2.14. The second kappa shape index (κ2) is 9.69. The summed E-state index contributed by atoms with van der Waals surface area (Å²) in [6.07, 6.45) is 3.34. The molecule has 0 bridgehead atoms. The number of halogens is 2. The number of carbonyl (C=O) groups is 2. The number of hydrogen-bond acceptors (Lipinski definition) is 5. The average molecular weight is 542 g/mol. The number of nitrogens with zero attached hydrogens (tertiary/aromatic N) is 1. The molecule has 2 aromatic rings. The molecular formula is C21H17ClINO4S. The molecule has 0 aliphatic carbocycles. The van der Waals surface area contributed by atoms with Crippen LogP contribution >= 0.6 is 46.0 Å². The van der Waals surface area contributed by atoms with Crippen molar-refractivity contribution in [2.75, 3.05) is 18.1 Å². The van der Waals surface area contributed by atoms with Gasteiger partial charge in [0.05, 0.1) is 20.8 Å². The number of amides is 2. The number of rotatable bonds is 7. The van der Waals surface area contributed by atoms with E-state index < -0.39 is 0 Å². The maximum absolute atomic E-state index is 12.8. The molecule has 1 aliphatic heterocycles. The van der Waals surface area contributed by atoms with Crippen molar-refractivity contribution in [1.82, 2.24) is 0 Å². The normalized spacial score (nSPS) is 15.1. The molecule has 1 fully saturated rings. The lowest BCUT2D eigenvalue weighted by Crippen LogP contribution is -2.27. The highest BCUT2D eigenvalue weighted by molar-refractivity contribution is 14.1. The van der Waals surface area contributed by atoms with E-state index in [-0.39, 0.29) is 11.1 Å². The minimum absolute atomic E-state index is 0.327. The van der Waals surface area contributed by atoms with E-state index in [0.717, 1.165) is 25.8 Å². The van der Waals surface area contributed by atoms with Crippen LogP contribution in [0.4, 0.5) is 10.5 Å². The van der Waals surface area contributed by atoms with E-state index in [2.05, 4.69) is 29.2 Å². The number of anilines is 1. The molecule has 0 N–H and O–H groups in total. The molecule has 2 aromatic carbocycles. The Hall–Kier alpha value is -1.97. The SMILES string of the molecule is C=CCOc1c(I)cc(/C=C2\SC(=O)N(c3cccc(Cl)c3)C2=O)cc1OCC. The summed E-state index contributed by atoms with van der Waals surface area (Å²) in [4.78, 5) is 26.7. The topological polar surface area (TPSA) is 55.8 Å². The van der Waals surface area contributed by atoms with Gasteiger partial charge in [-0.05, 0) is 83.2 Å². The Balaban J connectivity index is 1.94. The standard InChI is InChI=1S/C21H17ClINO4S/c1-3-8-28-19-16(23)9-13(10-17(19)27-4-2)11-18-20(25)24(21(26)29-18)15-7-5-6-14(22)12-15/h3,5-7,9-12H,1,4,8H2,2H3/b18-11-. The van der Waals surface area contributed by atoms with Crippen LogP contribution in [0.2, 0.25) is 5.02 Å². The smallest absolute Gasteiger partial charge is 0.298 e. The summed E-state index contributed by atoms with van der Waals surface area (Å²) in [5, 5.41) is 0.0886. The average Bonchev–Trinajstić information content (AvgIpc) is 2.94. The van der Waals surface area contributed by atoms with Gasteiger partial charge in [-0.3, -0.25) is 9.59 Å². The van der Waals surface area contributed by atoms with Crippen LogP contribution in [-0.2, 0) is 4.79 Å². The molecule has 1 saturated heterocycles. The fourth-order valence-corrected chi connectivity index (χ4v) is 4.48. The minimum Gasteiger partial charge on any atom is -0.490 e. The fourth-order valence-electron chi connectivity index (χ4n) is 2.67. The molecule has 1 heterocycles. The lowest BCUT2D eigenvalue weighted by atomic mass is 10.1. The van der Waals surface area contributed by atoms with Gasteiger partial charge in [0.1, 0.15) is 6.61 Å². The summed E-state index contributed by atoms with van der Waals surface area (Å²) in [7, 11) is 0. The van der Waals surface area contributed by atoms with E-state index in [1.807, 2.05) is 13.0 Å². The van der Waals surface area contributed by atoms with E-state index in [4.69, 9.17) is 21.1 Å². The third-order valence-electron chi connectivity index (χ3n) is 3.84. The molecule has 0 saturated carbocycles. The fraction of sp³-hybridized carbons (Fsp3) is 0.143. The van der Waals surface area contributed by atoms with E-state index in [9.17, 15) is 9.59 Å². The second-order valence-electron chi connectivity index (χ2n) is 5.86. The molecule has 0 aromatic heterocycles. The quantitative estimate of drug-likeness (QED) is 0.239. The number of imide groups is 1. The van der Waals surface area contributed by atoms with Gasteiger partial charge < -0.3 is 9.47 Å². The number of benzene rings is 2. The first-order chi connectivity index (χ1) is 13.9. The van der Waals surface area contributed by atoms with Gasteiger partial charge in [0, 0.05) is 5.02 Å².